The third kappa shape index (κ3) is 8.34. The number of rotatable bonds is 7. The predicted octanol–water partition coefficient (Wildman–Crippen LogP) is 0.911. The number of nitrogen functional groups attached to an aromatic ring is 2. The van der Waals surface area contributed by atoms with Crippen molar-refractivity contribution in [1.82, 2.24) is 20.6 Å². The van der Waals surface area contributed by atoms with Crippen LogP contribution < -0.4 is 27.8 Å². The average Bonchev–Trinajstić information content (AvgIpc) is 2.46. The molecule has 1 heterocycles. The first-order chi connectivity index (χ1) is 10.5. The number of unbranched alkanes of at least 4 members (excludes halogenated alkanes) is 3. The molecule has 0 radical (unpaired) electrons. The van der Waals surface area contributed by atoms with Gasteiger partial charge in [-0.3, -0.25) is 15.5 Å². The van der Waals surface area contributed by atoms with Crippen LogP contribution in [0.15, 0.2) is 0 Å². The lowest BCUT2D eigenvalue weighted by atomic mass is 10.2. The molecule has 0 fully saturated rings. The van der Waals surface area contributed by atoms with Gasteiger partial charge in [0.05, 0.1) is 0 Å². The number of anilines is 2. The SMILES string of the molecule is Cl.Cl.N=C(NCCCCCCN)NC(=O)c1nc(Cl)c(N)nc1N. The number of aromatic nitrogens is 2. The van der Waals surface area contributed by atoms with Gasteiger partial charge in [-0.05, 0) is 19.4 Å². The van der Waals surface area contributed by atoms with Gasteiger partial charge in [-0.2, -0.15) is 0 Å². The number of guanidine groups is 1. The molecule has 0 bridgehead atoms. The predicted molar refractivity (Wildman–Crippen MR) is 101 cm³/mol. The van der Waals surface area contributed by atoms with Crippen LogP contribution in [0.4, 0.5) is 11.6 Å². The monoisotopic (exact) mass is 400 g/mol. The van der Waals surface area contributed by atoms with Crippen molar-refractivity contribution in [3.8, 4) is 0 Å². The summed E-state index contributed by atoms with van der Waals surface area (Å²) in [6.07, 6.45) is 3.93. The molecule has 0 saturated heterocycles. The molecule has 0 spiro atoms. The lowest BCUT2D eigenvalue weighted by Gasteiger charge is -2.10. The van der Waals surface area contributed by atoms with Crippen LogP contribution in [0.25, 0.3) is 0 Å². The fourth-order valence-corrected chi connectivity index (χ4v) is 1.79. The van der Waals surface area contributed by atoms with Crippen molar-refractivity contribution < 1.29 is 4.79 Å². The number of carbonyl (C=O) groups excluding carboxylic acids is 1. The van der Waals surface area contributed by atoms with E-state index in [4.69, 9.17) is 34.2 Å². The zero-order valence-corrected chi connectivity index (χ0v) is 15.4. The Bertz CT molecular complexity index is 543. The summed E-state index contributed by atoms with van der Waals surface area (Å²) in [7, 11) is 0. The topological polar surface area (TPSA) is 169 Å². The molecule has 0 atom stereocenters. The van der Waals surface area contributed by atoms with Crippen molar-refractivity contribution in [3.05, 3.63) is 10.8 Å². The summed E-state index contributed by atoms with van der Waals surface area (Å²) in [5.41, 5.74) is 16.2. The van der Waals surface area contributed by atoms with Crippen LogP contribution in [0.2, 0.25) is 5.15 Å². The number of nitrogens with two attached hydrogens (primary N) is 3. The fourth-order valence-electron chi connectivity index (χ4n) is 1.66. The Labute approximate surface area is 157 Å². The second-order valence-electron chi connectivity index (χ2n) is 4.59. The molecule has 0 unspecified atom stereocenters. The second kappa shape index (κ2) is 12.8. The van der Waals surface area contributed by atoms with Gasteiger partial charge in [0.25, 0.3) is 5.91 Å². The second-order valence-corrected chi connectivity index (χ2v) is 4.95. The zero-order chi connectivity index (χ0) is 16.5. The van der Waals surface area contributed by atoms with Crippen LogP contribution in [0.3, 0.4) is 0 Å². The molecule has 12 heteroatoms. The molecule has 1 aromatic heterocycles. The standard InChI is InChI=1S/C12H21ClN8O.2ClH/c13-8-10(16)20-9(15)7(19-8)11(22)21-12(17)18-6-4-2-1-3-5-14;;/h1-6,14H2,(H4,15,16,20)(H3,17,18,21,22);2*1H. The smallest absolute Gasteiger partial charge is 0.280 e. The maximum Gasteiger partial charge on any atom is 0.280 e. The highest BCUT2D eigenvalue weighted by molar-refractivity contribution is 6.31. The summed E-state index contributed by atoms with van der Waals surface area (Å²) in [5.74, 6) is -1.01. The zero-order valence-electron chi connectivity index (χ0n) is 13.0. The van der Waals surface area contributed by atoms with E-state index in [0.29, 0.717) is 13.1 Å². The third-order valence-electron chi connectivity index (χ3n) is 2.79. The third-order valence-corrected chi connectivity index (χ3v) is 3.07. The van der Waals surface area contributed by atoms with E-state index in [1.807, 2.05) is 0 Å². The van der Waals surface area contributed by atoms with Gasteiger partial charge in [-0.15, -0.1) is 24.8 Å². The largest absolute Gasteiger partial charge is 0.382 e. The number of hydrogen-bond acceptors (Lipinski definition) is 7. The van der Waals surface area contributed by atoms with Crippen molar-refractivity contribution in [1.29, 1.82) is 5.41 Å². The highest BCUT2D eigenvalue weighted by Crippen LogP contribution is 2.16. The van der Waals surface area contributed by atoms with Crippen LogP contribution >= 0.6 is 36.4 Å². The summed E-state index contributed by atoms with van der Waals surface area (Å²) in [5, 5.41) is 12.6. The summed E-state index contributed by atoms with van der Waals surface area (Å²) in [6.45, 7) is 1.26. The van der Waals surface area contributed by atoms with Crippen LogP contribution in [-0.4, -0.2) is 34.9 Å². The minimum atomic E-state index is -0.674. The maximum absolute atomic E-state index is 11.9. The van der Waals surface area contributed by atoms with Gasteiger partial charge in [0, 0.05) is 6.54 Å². The molecule has 0 aromatic carbocycles. The Kier molecular flexibility index (Phi) is 13.2. The van der Waals surface area contributed by atoms with Gasteiger partial charge in [-0.1, -0.05) is 24.4 Å². The molecule has 0 saturated carbocycles. The van der Waals surface area contributed by atoms with Crippen LogP contribution in [0.5, 0.6) is 0 Å². The number of hydrogen-bond donors (Lipinski definition) is 6. The molecule has 138 valence electrons. The van der Waals surface area contributed by atoms with Crippen molar-refractivity contribution >= 4 is 59.9 Å². The van der Waals surface area contributed by atoms with E-state index in [-0.39, 0.29) is 53.3 Å². The summed E-state index contributed by atoms with van der Waals surface area (Å²) in [6, 6.07) is 0. The van der Waals surface area contributed by atoms with E-state index in [2.05, 4.69) is 20.6 Å². The maximum atomic E-state index is 11.9. The highest BCUT2D eigenvalue weighted by Gasteiger charge is 2.16. The van der Waals surface area contributed by atoms with E-state index in [1.165, 1.54) is 0 Å². The number of carbonyl (C=O) groups is 1. The summed E-state index contributed by atoms with van der Waals surface area (Å²) in [4.78, 5) is 19.4. The molecule has 9 nitrogen and oxygen atoms in total. The van der Waals surface area contributed by atoms with Crippen molar-refractivity contribution in [2.75, 3.05) is 24.6 Å². The van der Waals surface area contributed by atoms with Gasteiger partial charge in [-0.25, -0.2) is 9.97 Å². The molecule has 0 aliphatic carbocycles. The van der Waals surface area contributed by atoms with E-state index in [9.17, 15) is 4.79 Å². The van der Waals surface area contributed by atoms with Gasteiger partial charge < -0.3 is 22.5 Å². The Morgan fingerprint density at radius 2 is 1.71 bits per heavy atom. The minimum Gasteiger partial charge on any atom is -0.382 e. The van der Waals surface area contributed by atoms with E-state index >= 15 is 0 Å². The molecular weight excluding hydrogens is 379 g/mol. The lowest BCUT2D eigenvalue weighted by molar-refractivity contribution is 0.0971. The van der Waals surface area contributed by atoms with Gasteiger partial charge in [0.15, 0.2) is 28.4 Å². The fraction of sp³-hybridized carbons (Fsp3) is 0.500. The highest BCUT2D eigenvalue weighted by atomic mass is 35.5. The molecule has 1 amide bonds. The molecule has 24 heavy (non-hydrogen) atoms. The lowest BCUT2D eigenvalue weighted by Crippen LogP contribution is -2.41. The first-order valence-corrected chi connectivity index (χ1v) is 7.25. The molecule has 0 aliphatic heterocycles. The number of nitrogens with zero attached hydrogens (tertiary/aromatic N) is 2. The average molecular weight is 402 g/mol. The van der Waals surface area contributed by atoms with Gasteiger partial charge >= 0.3 is 0 Å². The number of amides is 1. The molecule has 1 rings (SSSR count). The van der Waals surface area contributed by atoms with Crippen LogP contribution in [-0.2, 0) is 0 Å². The summed E-state index contributed by atoms with van der Waals surface area (Å²) >= 11 is 5.70. The molecule has 0 aliphatic rings. The molecule has 1 aromatic rings. The van der Waals surface area contributed by atoms with E-state index in [1.54, 1.807) is 0 Å². The number of nitrogens with one attached hydrogen (secondary N) is 3. The normalized spacial score (nSPS) is 9.42. The first-order valence-electron chi connectivity index (χ1n) is 6.88. The van der Waals surface area contributed by atoms with Gasteiger partial charge in [0.1, 0.15) is 0 Å². The Balaban J connectivity index is 0. The minimum absolute atomic E-state index is 0. The van der Waals surface area contributed by atoms with E-state index in [0.717, 1.165) is 25.7 Å². The van der Waals surface area contributed by atoms with E-state index < -0.39 is 5.91 Å². The van der Waals surface area contributed by atoms with Gasteiger partial charge in [0.2, 0.25) is 0 Å². The van der Waals surface area contributed by atoms with Crippen LogP contribution in [0, 0.1) is 5.41 Å². The first kappa shape index (κ1) is 24.7. The van der Waals surface area contributed by atoms with Crippen molar-refractivity contribution in [3.63, 3.8) is 0 Å². The Morgan fingerprint density at radius 1 is 1.08 bits per heavy atom. The van der Waals surface area contributed by atoms with Crippen molar-refractivity contribution in [2.24, 2.45) is 5.73 Å². The summed E-state index contributed by atoms with van der Waals surface area (Å²) < 4.78 is 0. The molecule has 9 N–H and O–H groups in total. The number of halogens is 3. The Morgan fingerprint density at radius 3 is 2.33 bits per heavy atom. The Hall–Kier alpha value is -1.55. The van der Waals surface area contributed by atoms with Crippen LogP contribution in [0.1, 0.15) is 36.2 Å². The molecular formula is C12H23Cl3N8O. The quantitative estimate of drug-likeness (QED) is 0.224. The van der Waals surface area contributed by atoms with Crippen molar-refractivity contribution in [2.45, 2.75) is 25.7 Å².